The molecule has 0 saturated heterocycles. The number of hydrogen-bond acceptors (Lipinski definition) is 4. The highest BCUT2D eigenvalue weighted by atomic mass is 32.1. The van der Waals surface area contributed by atoms with Crippen molar-refractivity contribution in [3.63, 3.8) is 0 Å². The van der Waals surface area contributed by atoms with Crippen LogP contribution in [0.5, 0.6) is 5.75 Å². The summed E-state index contributed by atoms with van der Waals surface area (Å²) in [5.41, 5.74) is 6.59. The zero-order valence-corrected chi connectivity index (χ0v) is 12.6. The largest absolute Gasteiger partial charge is 0.483 e. The molecule has 0 spiro atoms. The first-order valence-electron chi connectivity index (χ1n) is 6.39. The number of hydrazine groups is 1. The van der Waals surface area contributed by atoms with Crippen molar-refractivity contribution in [3.05, 3.63) is 51.7 Å². The minimum atomic E-state index is -0.414. The SMILES string of the molecule is Cc1cccc(C)c1OCC(=O)NNC(=O)c1cccs1. The van der Waals surface area contributed by atoms with Crippen molar-refractivity contribution in [2.75, 3.05) is 6.61 Å². The van der Waals surface area contributed by atoms with E-state index in [-0.39, 0.29) is 12.5 Å². The number of nitrogens with one attached hydrogen (secondary N) is 2. The zero-order chi connectivity index (χ0) is 15.2. The second-order valence-electron chi connectivity index (χ2n) is 4.49. The zero-order valence-electron chi connectivity index (χ0n) is 11.8. The number of amides is 2. The first kappa shape index (κ1) is 15.1. The molecule has 0 atom stereocenters. The summed E-state index contributed by atoms with van der Waals surface area (Å²) in [6.45, 7) is 3.67. The Kier molecular flexibility index (Phi) is 4.94. The van der Waals surface area contributed by atoms with Crippen LogP contribution in [0.4, 0.5) is 0 Å². The van der Waals surface area contributed by atoms with Crippen LogP contribution >= 0.6 is 11.3 Å². The molecule has 0 aliphatic heterocycles. The molecule has 0 aliphatic carbocycles. The topological polar surface area (TPSA) is 67.4 Å². The van der Waals surface area contributed by atoms with Crippen LogP contribution in [0.25, 0.3) is 0 Å². The van der Waals surface area contributed by atoms with Crippen LogP contribution in [0.3, 0.4) is 0 Å². The highest BCUT2D eigenvalue weighted by molar-refractivity contribution is 7.12. The summed E-state index contributed by atoms with van der Waals surface area (Å²) >= 11 is 1.30. The lowest BCUT2D eigenvalue weighted by Gasteiger charge is -2.12. The Bertz CT molecular complexity index is 618. The third kappa shape index (κ3) is 4.06. The molecule has 0 bridgehead atoms. The van der Waals surface area contributed by atoms with Gasteiger partial charge in [0, 0.05) is 0 Å². The van der Waals surface area contributed by atoms with Crippen molar-refractivity contribution in [1.82, 2.24) is 10.9 Å². The predicted molar refractivity (Wildman–Crippen MR) is 81.3 cm³/mol. The van der Waals surface area contributed by atoms with E-state index in [0.29, 0.717) is 10.6 Å². The van der Waals surface area contributed by atoms with Gasteiger partial charge in [0.25, 0.3) is 11.8 Å². The molecule has 2 N–H and O–H groups in total. The number of para-hydroxylation sites is 1. The van der Waals surface area contributed by atoms with Crippen LogP contribution in [0.2, 0.25) is 0 Å². The monoisotopic (exact) mass is 304 g/mol. The van der Waals surface area contributed by atoms with Gasteiger partial charge in [0.15, 0.2) is 6.61 Å². The van der Waals surface area contributed by atoms with Gasteiger partial charge in [0.1, 0.15) is 5.75 Å². The summed E-state index contributed by atoms with van der Waals surface area (Å²) in [5.74, 6) is -0.0646. The molecular weight excluding hydrogens is 288 g/mol. The van der Waals surface area contributed by atoms with Gasteiger partial charge in [-0.2, -0.15) is 0 Å². The van der Waals surface area contributed by atoms with Crippen molar-refractivity contribution >= 4 is 23.2 Å². The molecule has 0 fully saturated rings. The first-order chi connectivity index (χ1) is 10.1. The number of benzene rings is 1. The minimum Gasteiger partial charge on any atom is -0.483 e. The van der Waals surface area contributed by atoms with Crippen molar-refractivity contribution in [2.45, 2.75) is 13.8 Å². The van der Waals surface area contributed by atoms with Gasteiger partial charge in [0.05, 0.1) is 4.88 Å². The van der Waals surface area contributed by atoms with Gasteiger partial charge < -0.3 is 4.74 Å². The molecule has 1 aromatic carbocycles. The summed E-state index contributed by atoms with van der Waals surface area (Å²) in [6.07, 6.45) is 0. The maximum absolute atomic E-state index is 11.7. The molecule has 2 amide bonds. The van der Waals surface area contributed by atoms with E-state index in [4.69, 9.17) is 4.74 Å². The Balaban J connectivity index is 1.81. The van der Waals surface area contributed by atoms with E-state index in [1.165, 1.54) is 11.3 Å². The summed E-state index contributed by atoms with van der Waals surface area (Å²) in [6, 6.07) is 9.21. The number of hydrogen-bond donors (Lipinski definition) is 2. The molecular formula is C15H16N2O3S. The van der Waals surface area contributed by atoms with Gasteiger partial charge in [0.2, 0.25) is 0 Å². The summed E-state index contributed by atoms with van der Waals surface area (Å²) < 4.78 is 5.49. The normalized spacial score (nSPS) is 10.0. The number of thiophene rings is 1. The second kappa shape index (κ2) is 6.90. The van der Waals surface area contributed by atoms with Crippen LogP contribution in [0.15, 0.2) is 35.7 Å². The Labute approximate surface area is 126 Å². The maximum atomic E-state index is 11.7. The van der Waals surface area contributed by atoms with Crippen LogP contribution < -0.4 is 15.6 Å². The van der Waals surface area contributed by atoms with Crippen molar-refractivity contribution in [3.8, 4) is 5.75 Å². The van der Waals surface area contributed by atoms with E-state index in [0.717, 1.165) is 11.1 Å². The fraction of sp³-hybridized carbons (Fsp3) is 0.200. The average molecular weight is 304 g/mol. The van der Waals surface area contributed by atoms with Crippen LogP contribution in [-0.4, -0.2) is 18.4 Å². The average Bonchev–Trinajstić information content (AvgIpc) is 2.98. The van der Waals surface area contributed by atoms with Gasteiger partial charge >= 0.3 is 0 Å². The van der Waals surface area contributed by atoms with E-state index < -0.39 is 5.91 Å². The van der Waals surface area contributed by atoms with E-state index in [9.17, 15) is 9.59 Å². The van der Waals surface area contributed by atoms with Crippen molar-refractivity contribution in [2.24, 2.45) is 0 Å². The first-order valence-corrected chi connectivity index (χ1v) is 7.27. The Morgan fingerprint density at radius 2 is 1.81 bits per heavy atom. The quantitative estimate of drug-likeness (QED) is 0.851. The molecule has 2 aromatic rings. The summed E-state index contributed by atoms with van der Waals surface area (Å²) in [4.78, 5) is 23.8. The summed E-state index contributed by atoms with van der Waals surface area (Å²) in [5, 5.41) is 1.79. The van der Waals surface area contributed by atoms with Gasteiger partial charge in [-0.1, -0.05) is 24.3 Å². The van der Waals surface area contributed by atoms with Crippen molar-refractivity contribution < 1.29 is 14.3 Å². The van der Waals surface area contributed by atoms with Crippen LogP contribution in [-0.2, 0) is 4.79 Å². The van der Waals surface area contributed by atoms with E-state index >= 15 is 0 Å². The van der Waals surface area contributed by atoms with Gasteiger partial charge in [-0.05, 0) is 36.4 Å². The predicted octanol–water partition coefficient (Wildman–Crippen LogP) is 2.20. The highest BCUT2D eigenvalue weighted by Gasteiger charge is 2.10. The Morgan fingerprint density at radius 3 is 2.43 bits per heavy atom. The molecule has 0 saturated carbocycles. The molecule has 2 rings (SSSR count). The van der Waals surface area contributed by atoms with E-state index in [1.54, 1.807) is 17.5 Å². The molecule has 110 valence electrons. The third-order valence-electron chi connectivity index (χ3n) is 2.82. The Hall–Kier alpha value is -2.34. The Morgan fingerprint density at radius 1 is 1.10 bits per heavy atom. The van der Waals surface area contributed by atoms with Gasteiger partial charge in [-0.25, -0.2) is 0 Å². The summed E-state index contributed by atoms with van der Waals surface area (Å²) in [7, 11) is 0. The van der Waals surface area contributed by atoms with E-state index in [1.807, 2.05) is 32.0 Å². The smallest absolute Gasteiger partial charge is 0.279 e. The molecule has 1 heterocycles. The fourth-order valence-electron chi connectivity index (χ4n) is 1.80. The third-order valence-corrected chi connectivity index (χ3v) is 3.69. The fourth-order valence-corrected chi connectivity index (χ4v) is 2.42. The minimum absolute atomic E-state index is 0.156. The number of ether oxygens (including phenoxy) is 1. The lowest BCUT2D eigenvalue weighted by Crippen LogP contribution is -2.43. The number of carbonyl (C=O) groups excluding carboxylic acids is 2. The lowest BCUT2D eigenvalue weighted by molar-refractivity contribution is -0.123. The van der Waals surface area contributed by atoms with Crippen molar-refractivity contribution in [1.29, 1.82) is 0 Å². The second-order valence-corrected chi connectivity index (χ2v) is 5.44. The number of rotatable bonds is 4. The van der Waals surface area contributed by atoms with Gasteiger partial charge in [-0.3, -0.25) is 20.4 Å². The molecule has 0 unspecified atom stereocenters. The molecule has 5 nitrogen and oxygen atoms in total. The number of aryl methyl sites for hydroxylation is 2. The van der Waals surface area contributed by atoms with E-state index in [2.05, 4.69) is 10.9 Å². The molecule has 6 heteroatoms. The highest BCUT2D eigenvalue weighted by Crippen LogP contribution is 2.21. The van der Waals surface area contributed by atoms with Crippen LogP contribution in [0.1, 0.15) is 20.8 Å². The van der Waals surface area contributed by atoms with Crippen LogP contribution in [0, 0.1) is 13.8 Å². The standard InChI is InChI=1S/C15H16N2O3S/c1-10-5-3-6-11(2)14(10)20-9-13(18)16-17-15(19)12-7-4-8-21-12/h3-8H,9H2,1-2H3,(H,16,18)(H,17,19). The lowest BCUT2D eigenvalue weighted by atomic mass is 10.1. The maximum Gasteiger partial charge on any atom is 0.279 e. The molecule has 21 heavy (non-hydrogen) atoms. The van der Waals surface area contributed by atoms with Gasteiger partial charge in [-0.15, -0.1) is 11.3 Å². The molecule has 1 aromatic heterocycles. The number of carbonyl (C=O) groups is 2. The molecule has 0 radical (unpaired) electrons. The molecule has 0 aliphatic rings.